The van der Waals surface area contributed by atoms with Crippen molar-refractivity contribution < 1.29 is 22.7 Å². The number of rotatable bonds is 6. The molecule has 9 heteroatoms. The highest BCUT2D eigenvalue weighted by molar-refractivity contribution is 7.90. The molecule has 2 aromatic carbocycles. The number of hydrogen-bond donors (Lipinski definition) is 2. The number of methoxy groups -OCH3 is 2. The normalized spacial score (nSPS) is 24.8. The first-order chi connectivity index (χ1) is 16.2. The van der Waals surface area contributed by atoms with Crippen LogP contribution in [-0.4, -0.2) is 65.5 Å². The number of likely N-dealkylation sites (N-methyl/N-ethyl adjacent to an activating group) is 1. The lowest BCUT2D eigenvalue weighted by atomic mass is 9.65. The molecule has 1 saturated carbocycles. The number of hydrogen-bond acceptors (Lipinski definition) is 6. The Morgan fingerprint density at radius 3 is 2.41 bits per heavy atom. The number of carbonyl (C=O) groups excluding carboxylic acids is 1. The molecule has 2 N–H and O–H groups in total. The number of nitrogens with one attached hydrogen (secondary N) is 2. The van der Waals surface area contributed by atoms with E-state index in [1.54, 1.807) is 26.4 Å². The number of urea groups is 1. The molecule has 0 bridgehead atoms. The average Bonchev–Trinajstić information content (AvgIpc) is 3.15. The fraction of sp³-hybridized carbons (Fsp3) is 0.480. The molecule has 8 nitrogen and oxygen atoms in total. The monoisotopic (exact) mass is 487 g/mol. The summed E-state index contributed by atoms with van der Waals surface area (Å²) in [6.45, 7) is 1.00. The van der Waals surface area contributed by atoms with E-state index in [0.717, 1.165) is 50.0 Å². The Hall–Kier alpha value is -2.78. The van der Waals surface area contributed by atoms with Gasteiger partial charge in [-0.2, -0.15) is 0 Å². The third-order valence-electron chi connectivity index (χ3n) is 7.36. The number of nitrogens with zero attached hydrogens (tertiary/aromatic N) is 1. The molecule has 184 valence electrons. The maximum atomic E-state index is 12.7. The van der Waals surface area contributed by atoms with Crippen LogP contribution in [0.2, 0.25) is 0 Å². The fourth-order valence-electron chi connectivity index (χ4n) is 5.53. The maximum absolute atomic E-state index is 12.7. The number of fused-ring (bicyclic) bond motifs is 1. The second kappa shape index (κ2) is 9.46. The van der Waals surface area contributed by atoms with Crippen molar-refractivity contribution in [3.8, 4) is 11.5 Å². The predicted octanol–water partition coefficient (Wildman–Crippen LogP) is 3.42. The Kier molecular flexibility index (Phi) is 6.78. The SMILES string of the molecule is COc1ccc([C@@]23CC[C@@H](NC(=O)Nc4ccc(S(C)(=O)=O)cc4)C[C@@H]2N(C)CC3)cc1OC. The van der Waals surface area contributed by atoms with Crippen molar-refractivity contribution in [3.63, 3.8) is 0 Å². The topological polar surface area (TPSA) is 97.0 Å². The molecule has 1 heterocycles. The van der Waals surface area contributed by atoms with Gasteiger partial charge in [-0.15, -0.1) is 0 Å². The summed E-state index contributed by atoms with van der Waals surface area (Å²) in [6.07, 6.45) is 4.92. The number of ether oxygens (including phenoxy) is 2. The van der Waals surface area contributed by atoms with Crippen molar-refractivity contribution in [2.75, 3.05) is 39.4 Å². The zero-order valence-electron chi connectivity index (χ0n) is 20.1. The Morgan fingerprint density at radius 2 is 1.76 bits per heavy atom. The first-order valence-corrected chi connectivity index (χ1v) is 13.4. The molecule has 0 aromatic heterocycles. The van der Waals surface area contributed by atoms with Gasteiger partial charge >= 0.3 is 6.03 Å². The zero-order chi connectivity index (χ0) is 24.5. The number of sulfone groups is 1. The summed E-state index contributed by atoms with van der Waals surface area (Å²) in [4.78, 5) is 15.3. The van der Waals surface area contributed by atoms with E-state index in [4.69, 9.17) is 9.47 Å². The van der Waals surface area contributed by atoms with E-state index in [-0.39, 0.29) is 22.4 Å². The minimum absolute atomic E-state index is 0.0183. The van der Waals surface area contributed by atoms with Crippen LogP contribution in [-0.2, 0) is 15.3 Å². The van der Waals surface area contributed by atoms with Crippen LogP contribution in [0.25, 0.3) is 0 Å². The summed E-state index contributed by atoms with van der Waals surface area (Å²) in [5, 5.41) is 5.93. The molecular weight excluding hydrogens is 454 g/mol. The van der Waals surface area contributed by atoms with Crippen molar-refractivity contribution in [1.82, 2.24) is 10.2 Å². The van der Waals surface area contributed by atoms with E-state index in [0.29, 0.717) is 11.7 Å². The van der Waals surface area contributed by atoms with Crippen molar-refractivity contribution in [2.45, 2.75) is 48.1 Å². The van der Waals surface area contributed by atoms with Gasteiger partial charge in [0, 0.05) is 29.4 Å². The Balaban J connectivity index is 1.44. The highest BCUT2D eigenvalue weighted by Gasteiger charge is 2.50. The second-order valence-corrected chi connectivity index (χ2v) is 11.4. The van der Waals surface area contributed by atoms with Crippen molar-refractivity contribution in [1.29, 1.82) is 0 Å². The quantitative estimate of drug-likeness (QED) is 0.648. The molecule has 2 fully saturated rings. The van der Waals surface area contributed by atoms with E-state index >= 15 is 0 Å². The van der Waals surface area contributed by atoms with Gasteiger partial charge in [0.15, 0.2) is 21.3 Å². The Labute approximate surface area is 201 Å². The zero-order valence-corrected chi connectivity index (χ0v) is 20.9. The maximum Gasteiger partial charge on any atom is 0.319 e. The second-order valence-electron chi connectivity index (χ2n) is 9.34. The number of carbonyl (C=O) groups is 1. The van der Waals surface area contributed by atoms with Gasteiger partial charge in [0.2, 0.25) is 0 Å². The summed E-state index contributed by atoms with van der Waals surface area (Å²) in [5.41, 5.74) is 1.83. The Morgan fingerprint density at radius 1 is 1.06 bits per heavy atom. The van der Waals surface area contributed by atoms with Crippen molar-refractivity contribution in [3.05, 3.63) is 48.0 Å². The van der Waals surface area contributed by atoms with Gasteiger partial charge in [-0.05, 0) is 81.2 Å². The van der Waals surface area contributed by atoms with Gasteiger partial charge in [-0.1, -0.05) is 6.07 Å². The molecule has 4 rings (SSSR count). The summed E-state index contributed by atoms with van der Waals surface area (Å²) in [5.74, 6) is 1.46. The van der Waals surface area contributed by atoms with Gasteiger partial charge in [-0.3, -0.25) is 0 Å². The summed E-state index contributed by atoms with van der Waals surface area (Å²) < 4.78 is 34.2. The van der Waals surface area contributed by atoms with Crippen LogP contribution in [0, 0.1) is 0 Å². The Bertz CT molecular complexity index is 1150. The van der Waals surface area contributed by atoms with Gasteiger partial charge in [0.1, 0.15) is 0 Å². The lowest BCUT2D eigenvalue weighted by Gasteiger charge is -2.45. The minimum atomic E-state index is -3.27. The van der Waals surface area contributed by atoms with Crippen LogP contribution < -0.4 is 20.1 Å². The molecule has 3 atom stereocenters. The molecule has 34 heavy (non-hydrogen) atoms. The van der Waals surface area contributed by atoms with Gasteiger partial charge in [-0.25, -0.2) is 13.2 Å². The van der Waals surface area contributed by atoms with Crippen LogP contribution in [0.15, 0.2) is 47.4 Å². The first-order valence-electron chi connectivity index (χ1n) is 11.5. The van der Waals surface area contributed by atoms with Crippen LogP contribution >= 0.6 is 0 Å². The van der Waals surface area contributed by atoms with Gasteiger partial charge in [0.25, 0.3) is 0 Å². The number of anilines is 1. The van der Waals surface area contributed by atoms with E-state index in [9.17, 15) is 13.2 Å². The molecule has 2 aromatic rings. The third kappa shape index (κ3) is 4.72. The van der Waals surface area contributed by atoms with Crippen LogP contribution in [0.3, 0.4) is 0 Å². The number of amides is 2. The summed E-state index contributed by atoms with van der Waals surface area (Å²) in [6, 6.07) is 12.5. The molecule has 1 aliphatic heterocycles. The van der Waals surface area contributed by atoms with E-state index < -0.39 is 9.84 Å². The number of benzene rings is 2. The van der Waals surface area contributed by atoms with Crippen molar-refractivity contribution >= 4 is 21.6 Å². The third-order valence-corrected chi connectivity index (χ3v) is 8.49. The summed E-state index contributed by atoms with van der Waals surface area (Å²) >= 11 is 0. The van der Waals surface area contributed by atoms with E-state index in [1.165, 1.54) is 17.7 Å². The molecule has 2 amide bonds. The highest BCUT2D eigenvalue weighted by atomic mass is 32.2. The molecule has 0 unspecified atom stereocenters. The fourth-order valence-corrected chi connectivity index (χ4v) is 6.16. The van der Waals surface area contributed by atoms with E-state index in [1.807, 2.05) is 6.07 Å². The lowest BCUT2D eigenvalue weighted by Crippen LogP contribution is -2.52. The van der Waals surface area contributed by atoms with Crippen molar-refractivity contribution in [2.24, 2.45) is 0 Å². The molecular formula is C25H33N3O5S. The summed E-state index contributed by atoms with van der Waals surface area (Å²) in [7, 11) is 2.18. The molecule has 2 aliphatic rings. The van der Waals surface area contributed by atoms with E-state index in [2.05, 4.69) is 34.7 Å². The van der Waals surface area contributed by atoms with Crippen LogP contribution in [0.1, 0.15) is 31.2 Å². The molecule has 1 aliphatic carbocycles. The standard InChI is InChI=1S/C25H33N3O5S/c1-28-14-13-25(17-5-10-21(32-2)22(15-17)33-3)12-11-19(16-23(25)28)27-24(29)26-18-6-8-20(9-7-18)34(4,30)31/h5-10,15,19,23H,11-14,16H2,1-4H3,(H2,26,27,29)/t19-,23+,25+/m1/s1. The van der Waals surface area contributed by atoms with Crippen LogP contribution in [0.5, 0.6) is 11.5 Å². The lowest BCUT2D eigenvalue weighted by molar-refractivity contribution is 0.156. The molecule has 0 radical (unpaired) electrons. The van der Waals surface area contributed by atoms with Gasteiger partial charge < -0.3 is 25.0 Å². The molecule has 1 saturated heterocycles. The largest absolute Gasteiger partial charge is 0.493 e. The van der Waals surface area contributed by atoms with Crippen LogP contribution in [0.4, 0.5) is 10.5 Å². The number of likely N-dealkylation sites (tertiary alicyclic amines) is 1. The predicted molar refractivity (Wildman–Crippen MR) is 132 cm³/mol. The smallest absolute Gasteiger partial charge is 0.319 e. The average molecular weight is 488 g/mol. The minimum Gasteiger partial charge on any atom is -0.493 e. The first kappa shape index (κ1) is 24.3. The molecule has 0 spiro atoms. The van der Waals surface area contributed by atoms with Gasteiger partial charge in [0.05, 0.1) is 19.1 Å². The highest BCUT2D eigenvalue weighted by Crippen LogP contribution is 2.49.